The van der Waals surface area contributed by atoms with Crippen molar-refractivity contribution >= 4 is 35.2 Å². The number of aromatic nitrogens is 1. The lowest BCUT2D eigenvalue weighted by molar-refractivity contribution is -0.123. The average molecular weight is 362 g/mol. The molecule has 0 bridgehead atoms. The highest BCUT2D eigenvalue weighted by molar-refractivity contribution is 8.00. The molecule has 0 unspecified atom stereocenters. The van der Waals surface area contributed by atoms with Crippen molar-refractivity contribution in [1.82, 2.24) is 5.16 Å². The molecule has 1 aromatic carbocycles. The lowest BCUT2D eigenvalue weighted by atomic mass is 10.2. The Morgan fingerprint density at radius 3 is 2.68 bits per heavy atom. The van der Waals surface area contributed by atoms with Crippen molar-refractivity contribution in [2.45, 2.75) is 31.8 Å². The summed E-state index contributed by atoms with van der Waals surface area (Å²) in [7, 11) is 0. The number of aryl methyl sites for hydroxylation is 1. The van der Waals surface area contributed by atoms with Crippen LogP contribution in [-0.2, 0) is 14.3 Å². The molecule has 132 valence electrons. The Hall–Kier alpha value is -2.61. The van der Waals surface area contributed by atoms with Crippen molar-refractivity contribution in [3.05, 3.63) is 41.7 Å². The molecule has 0 radical (unpaired) electrons. The van der Waals surface area contributed by atoms with E-state index in [4.69, 9.17) is 9.26 Å². The fourth-order valence-electron chi connectivity index (χ4n) is 1.87. The van der Waals surface area contributed by atoms with Gasteiger partial charge in [-0.15, -0.1) is 11.8 Å². The van der Waals surface area contributed by atoms with Crippen LogP contribution in [0.25, 0.3) is 0 Å². The van der Waals surface area contributed by atoms with E-state index in [-0.39, 0.29) is 17.4 Å². The molecule has 2 aromatic rings. The molecule has 25 heavy (non-hydrogen) atoms. The summed E-state index contributed by atoms with van der Waals surface area (Å²) in [4.78, 5) is 36.2. The second-order valence-electron chi connectivity index (χ2n) is 5.35. The number of carbonyl (C=O) groups excluding carboxylic acids is 3. The highest BCUT2D eigenvalue weighted by Crippen LogP contribution is 2.23. The van der Waals surface area contributed by atoms with Gasteiger partial charge in [0.25, 0.3) is 5.91 Å². The maximum Gasteiger partial charge on any atom is 0.340 e. The Balaban J connectivity index is 2.01. The van der Waals surface area contributed by atoms with Crippen molar-refractivity contribution in [3.8, 4) is 0 Å². The van der Waals surface area contributed by atoms with E-state index in [9.17, 15) is 14.4 Å². The number of nitrogens with zero attached hydrogens (tertiary/aromatic N) is 1. The third-order valence-corrected chi connectivity index (χ3v) is 4.29. The number of hydrogen-bond donors (Lipinski definition) is 1. The second kappa shape index (κ2) is 8.48. The van der Waals surface area contributed by atoms with Crippen LogP contribution in [0.4, 0.5) is 5.82 Å². The molecule has 1 amide bonds. The smallest absolute Gasteiger partial charge is 0.340 e. The molecule has 0 saturated heterocycles. The number of thioether (sulfide) groups is 1. The molecule has 0 fully saturated rings. The number of nitrogens with one attached hydrogen (secondary N) is 1. The van der Waals surface area contributed by atoms with Crippen LogP contribution in [-0.4, -0.2) is 34.7 Å². The number of carbonyl (C=O) groups is 3. The molecule has 1 N–H and O–H groups in total. The Morgan fingerprint density at radius 1 is 1.32 bits per heavy atom. The van der Waals surface area contributed by atoms with Crippen LogP contribution in [0.3, 0.4) is 0 Å². The lowest BCUT2D eigenvalue weighted by Crippen LogP contribution is -2.30. The zero-order chi connectivity index (χ0) is 18.4. The largest absolute Gasteiger partial charge is 0.449 e. The topological polar surface area (TPSA) is 98.5 Å². The summed E-state index contributed by atoms with van der Waals surface area (Å²) in [6.45, 7) is 4.64. The van der Waals surface area contributed by atoms with Crippen LogP contribution in [0.5, 0.6) is 0 Å². The summed E-state index contributed by atoms with van der Waals surface area (Å²) in [5.74, 6) is -0.0876. The Morgan fingerprint density at radius 2 is 2.04 bits per heavy atom. The van der Waals surface area contributed by atoms with Gasteiger partial charge in [0.2, 0.25) is 0 Å². The van der Waals surface area contributed by atoms with Crippen molar-refractivity contribution < 1.29 is 23.6 Å². The quantitative estimate of drug-likeness (QED) is 0.597. The minimum Gasteiger partial charge on any atom is -0.449 e. The van der Waals surface area contributed by atoms with E-state index in [1.165, 1.54) is 25.6 Å². The van der Waals surface area contributed by atoms with Crippen LogP contribution in [0.1, 0.15) is 30.0 Å². The van der Waals surface area contributed by atoms with Gasteiger partial charge >= 0.3 is 5.97 Å². The molecule has 7 nitrogen and oxygen atoms in total. The molecule has 1 aromatic heterocycles. The van der Waals surface area contributed by atoms with Gasteiger partial charge < -0.3 is 14.6 Å². The molecule has 0 aliphatic rings. The fraction of sp³-hybridized carbons (Fsp3) is 0.294. The van der Waals surface area contributed by atoms with Gasteiger partial charge in [0.05, 0.1) is 11.3 Å². The first kappa shape index (κ1) is 18.7. The normalized spacial score (nSPS) is 11.6. The number of esters is 1. The third-order valence-electron chi connectivity index (χ3n) is 3.07. The van der Waals surface area contributed by atoms with Crippen molar-refractivity contribution in [2.75, 3.05) is 11.1 Å². The van der Waals surface area contributed by atoms with Gasteiger partial charge in [-0.25, -0.2) is 4.79 Å². The summed E-state index contributed by atoms with van der Waals surface area (Å²) in [5.41, 5.74) is 0.311. The van der Waals surface area contributed by atoms with Gasteiger partial charge in [0.15, 0.2) is 11.9 Å². The van der Waals surface area contributed by atoms with E-state index in [1.807, 2.05) is 0 Å². The van der Waals surface area contributed by atoms with Crippen molar-refractivity contribution in [3.63, 3.8) is 0 Å². The SMILES string of the molecule is CC(=O)CSc1ccccc1C(=O)O[C@@H](C)C(=O)Nc1cc(C)on1. The molecule has 0 saturated carbocycles. The molecular formula is C17H18N2O5S. The molecule has 8 heteroatoms. The lowest BCUT2D eigenvalue weighted by Gasteiger charge is -2.14. The average Bonchev–Trinajstić information content (AvgIpc) is 2.97. The fourth-order valence-corrected chi connectivity index (χ4v) is 2.71. The Kier molecular flexibility index (Phi) is 6.35. The van der Waals surface area contributed by atoms with E-state index < -0.39 is 18.0 Å². The predicted octanol–water partition coefficient (Wildman–Crippen LogP) is 2.85. The summed E-state index contributed by atoms with van der Waals surface area (Å²) in [5, 5.41) is 6.15. The Bertz CT molecular complexity index is 787. The summed E-state index contributed by atoms with van der Waals surface area (Å²) < 4.78 is 10.1. The number of benzene rings is 1. The zero-order valence-corrected chi connectivity index (χ0v) is 14.9. The maximum absolute atomic E-state index is 12.3. The molecule has 0 aliphatic carbocycles. The van der Waals surface area contributed by atoms with E-state index >= 15 is 0 Å². The molecule has 2 rings (SSSR count). The van der Waals surface area contributed by atoms with Gasteiger partial charge in [0.1, 0.15) is 11.5 Å². The second-order valence-corrected chi connectivity index (χ2v) is 6.36. The number of rotatable bonds is 7. The first-order valence-electron chi connectivity index (χ1n) is 7.53. The number of anilines is 1. The number of hydrogen-bond acceptors (Lipinski definition) is 7. The number of amides is 1. The third kappa shape index (κ3) is 5.46. The minimum absolute atomic E-state index is 0.00354. The molecule has 1 atom stereocenters. The monoisotopic (exact) mass is 362 g/mol. The van der Waals surface area contributed by atoms with E-state index in [0.717, 1.165) is 0 Å². The van der Waals surface area contributed by atoms with Gasteiger partial charge in [-0.3, -0.25) is 9.59 Å². The number of ether oxygens (including phenoxy) is 1. The number of Topliss-reactive ketones (excluding diaryl/α,β-unsaturated/α-hetero) is 1. The van der Waals surface area contributed by atoms with Gasteiger partial charge in [-0.2, -0.15) is 0 Å². The van der Waals surface area contributed by atoms with Crippen LogP contribution < -0.4 is 5.32 Å². The van der Waals surface area contributed by atoms with E-state index in [0.29, 0.717) is 16.2 Å². The maximum atomic E-state index is 12.3. The number of ketones is 1. The van der Waals surface area contributed by atoms with Crippen LogP contribution in [0.2, 0.25) is 0 Å². The van der Waals surface area contributed by atoms with Crippen LogP contribution >= 0.6 is 11.8 Å². The van der Waals surface area contributed by atoms with Crippen molar-refractivity contribution in [2.24, 2.45) is 0 Å². The van der Waals surface area contributed by atoms with Gasteiger partial charge in [-0.1, -0.05) is 17.3 Å². The van der Waals surface area contributed by atoms with Crippen molar-refractivity contribution in [1.29, 1.82) is 0 Å². The molecule has 1 heterocycles. The van der Waals surface area contributed by atoms with E-state index in [2.05, 4.69) is 10.5 Å². The molecular weight excluding hydrogens is 344 g/mol. The van der Waals surface area contributed by atoms with E-state index in [1.54, 1.807) is 37.3 Å². The molecule has 0 aliphatic heterocycles. The standard InChI is InChI=1S/C17H18N2O5S/c1-10(20)9-25-14-7-5-4-6-13(14)17(22)23-12(3)16(21)18-15-8-11(2)24-19-15/h4-8,12H,9H2,1-3H3,(H,18,19,21)/t12-/m0/s1. The zero-order valence-electron chi connectivity index (χ0n) is 14.1. The first-order valence-corrected chi connectivity index (χ1v) is 8.52. The summed E-state index contributed by atoms with van der Waals surface area (Å²) >= 11 is 1.25. The van der Waals surface area contributed by atoms with Gasteiger partial charge in [-0.05, 0) is 32.9 Å². The Labute approximate surface area is 149 Å². The molecule has 0 spiro atoms. The minimum atomic E-state index is -1.02. The highest BCUT2D eigenvalue weighted by atomic mass is 32.2. The van der Waals surface area contributed by atoms with Crippen LogP contribution in [0.15, 0.2) is 39.8 Å². The summed E-state index contributed by atoms with van der Waals surface area (Å²) in [6.07, 6.45) is -1.02. The predicted molar refractivity (Wildman–Crippen MR) is 92.6 cm³/mol. The first-order chi connectivity index (χ1) is 11.9. The van der Waals surface area contributed by atoms with Gasteiger partial charge in [0, 0.05) is 11.0 Å². The highest BCUT2D eigenvalue weighted by Gasteiger charge is 2.21. The summed E-state index contributed by atoms with van der Waals surface area (Å²) in [6, 6.07) is 8.34. The van der Waals surface area contributed by atoms with Crippen LogP contribution in [0, 0.1) is 6.92 Å².